The zero-order chi connectivity index (χ0) is 21.9. The summed E-state index contributed by atoms with van der Waals surface area (Å²) >= 11 is 0. The van der Waals surface area contributed by atoms with E-state index in [1.54, 1.807) is 30.1 Å². The number of anilines is 1. The lowest BCUT2D eigenvalue weighted by Crippen LogP contribution is -2.41. The van der Waals surface area contributed by atoms with Gasteiger partial charge < -0.3 is 9.64 Å². The zero-order valence-corrected chi connectivity index (χ0v) is 17.6. The maximum atomic E-state index is 12.6. The van der Waals surface area contributed by atoms with Gasteiger partial charge in [-0.25, -0.2) is 15.0 Å². The molecule has 1 aromatic carbocycles. The van der Waals surface area contributed by atoms with E-state index >= 15 is 0 Å². The topological polar surface area (TPSA) is 86.0 Å². The van der Waals surface area contributed by atoms with E-state index in [0.29, 0.717) is 37.0 Å². The van der Waals surface area contributed by atoms with Crippen LogP contribution in [0, 0.1) is 0 Å². The fraction of sp³-hybridized carbons (Fsp3) is 0.208. The van der Waals surface area contributed by atoms with E-state index in [9.17, 15) is 4.79 Å². The first kappa shape index (κ1) is 20.0. The third-order valence-corrected chi connectivity index (χ3v) is 5.55. The predicted molar refractivity (Wildman–Crippen MR) is 121 cm³/mol. The monoisotopic (exact) mass is 426 g/mol. The molecule has 8 nitrogen and oxygen atoms in total. The molecule has 160 valence electrons. The van der Waals surface area contributed by atoms with Gasteiger partial charge in [0.25, 0.3) is 5.56 Å². The molecule has 5 rings (SSSR count). The van der Waals surface area contributed by atoms with E-state index < -0.39 is 0 Å². The van der Waals surface area contributed by atoms with Gasteiger partial charge in [0.05, 0.1) is 30.2 Å². The summed E-state index contributed by atoms with van der Waals surface area (Å²) in [5.41, 5.74) is 4.09. The Morgan fingerprint density at radius 1 is 0.969 bits per heavy atom. The molecular formula is C24H22N6O2. The Hall–Kier alpha value is -3.91. The quantitative estimate of drug-likeness (QED) is 0.496. The van der Waals surface area contributed by atoms with Gasteiger partial charge >= 0.3 is 0 Å². The minimum absolute atomic E-state index is 0.124. The number of morpholine rings is 1. The van der Waals surface area contributed by atoms with Gasteiger partial charge in [-0.2, -0.15) is 0 Å². The number of aromatic nitrogens is 5. The van der Waals surface area contributed by atoms with Gasteiger partial charge in [0.1, 0.15) is 12.4 Å². The van der Waals surface area contributed by atoms with Crippen molar-refractivity contribution in [2.75, 3.05) is 24.6 Å². The number of rotatable bonds is 4. The second-order valence-corrected chi connectivity index (χ2v) is 7.58. The molecule has 0 aliphatic carbocycles. The van der Waals surface area contributed by atoms with Crippen LogP contribution >= 0.6 is 0 Å². The maximum absolute atomic E-state index is 12.6. The van der Waals surface area contributed by atoms with Crippen LogP contribution < -0.4 is 10.5 Å². The SMILES string of the molecule is Cn1c(N2CCOC(c3ccc(-c4ccccn4)cc3)C2)nc(-c2ccncn2)cc1=O. The van der Waals surface area contributed by atoms with E-state index in [1.807, 2.05) is 18.2 Å². The number of benzene rings is 1. The first-order valence-electron chi connectivity index (χ1n) is 10.4. The van der Waals surface area contributed by atoms with E-state index in [4.69, 9.17) is 9.72 Å². The molecule has 3 aromatic heterocycles. The van der Waals surface area contributed by atoms with E-state index in [1.165, 1.54) is 12.4 Å². The lowest BCUT2D eigenvalue weighted by atomic mass is 10.0. The molecule has 0 radical (unpaired) electrons. The molecule has 1 atom stereocenters. The van der Waals surface area contributed by atoms with Gasteiger partial charge in [0.15, 0.2) is 0 Å². The van der Waals surface area contributed by atoms with Crippen molar-refractivity contribution in [2.24, 2.45) is 7.05 Å². The molecule has 1 aliphatic rings. The van der Waals surface area contributed by atoms with Gasteiger partial charge in [-0.15, -0.1) is 0 Å². The number of nitrogens with zero attached hydrogens (tertiary/aromatic N) is 6. The van der Waals surface area contributed by atoms with Crippen molar-refractivity contribution in [3.05, 3.63) is 89.2 Å². The maximum Gasteiger partial charge on any atom is 0.255 e. The van der Waals surface area contributed by atoms with Gasteiger partial charge in [-0.05, 0) is 23.8 Å². The Bertz CT molecular complexity index is 1260. The average molecular weight is 426 g/mol. The molecule has 0 N–H and O–H groups in total. The van der Waals surface area contributed by atoms with Crippen molar-refractivity contribution in [1.82, 2.24) is 24.5 Å². The molecule has 32 heavy (non-hydrogen) atoms. The molecule has 0 amide bonds. The highest BCUT2D eigenvalue weighted by molar-refractivity contribution is 5.59. The Balaban J connectivity index is 1.41. The normalized spacial score (nSPS) is 16.2. The van der Waals surface area contributed by atoms with Gasteiger partial charge in [-0.3, -0.25) is 14.3 Å². The summed E-state index contributed by atoms with van der Waals surface area (Å²) in [6, 6.07) is 17.4. The van der Waals surface area contributed by atoms with Gasteiger partial charge in [-0.1, -0.05) is 30.3 Å². The van der Waals surface area contributed by atoms with E-state index in [-0.39, 0.29) is 11.7 Å². The molecule has 1 saturated heterocycles. The van der Waals surface area contributed by atoms with Crippen LogP contribution in [0.2, 0.25) is 0 Å². The molecule has 8 heteroatoms. The Morgan fingerprint density at radius 2 is 1.84 bits per heavy atom. The molecule has 4 heterocycles. The zero-order valence-electron chi connectivity index (χ0n) is 17.6. The largest absolute Gasteiger partial charge is 0.370 e. The molecule has 1 fully saturated rings. The Kier molecular flexibility index (Phi) is 5.43. The molecular weight excluding hydrogens is 404 g/mol. The van der Waals surface area contributed by atoms with Crippen molar-refractivity contribution in [1.29, 1.82) is 0 Å². The summed E-state index contributed by atoms with van der Waals surface area (Å²) in [7, 11) is 1.74. The summed E-state index contributed by atoms with van der Waals surface area (Å²) in [5.74, 6) is 0.601. The van der Waals surface area contributed by atoms with E-state index in [2.05, 4.69) is 44.1 Å². The molecule has 0 bridgehead atoms. The van der Waals surface area contributed by atoms with Crippen molar-refractivity contribution < 1.29 is 4.74 Å². The number of hydrogen-bond acceptors (Lipinski definition) is 7. The molecule has 1 unspecified atom stereocenters. The highest BCUT2D eigenvalue weighted by Crippen LogP contribution is 2.27. The second kappa shape index (κ2) is 8.68. The lowest BCUT2D eigenvalue weighted by Gasteiger charge is -2.34. The first-order valence-corrected chi connectivity index (χ1v) is 10.4. The van der Waals surface area contributed by atoms with E-state index in [0.717, 1.165) is 16.8 Å². The predicted octanol–water partition coefficient (Wildman–Crippen LogP) is 2.88. The summed E-state index contributed by atoms with van der Waals surface area (Å²) in [5, 5.41) is 0. The summed E-state index contributed by atoms with van der Waals surface area (Å²) in [6.45, 7) is 1.78. The lowest BCUT2D eigenvalue weighted by molar-refractivity contribution is 0.0390. The molecule has 1 aliphatic heterocycles. The summed E-state index contributed by atoms with van der Waals surface area (Å²) in [6.07, 6.45) is 4.76. The first-order chi connectivity index (χ1) is 15.7. The van der Waals surface area contributed by atoms with Gasteiger partial charge in [0.2, 0.25) is 5.95 Å². The fourth-order valence-corrected chi connectivity index (χ4v) is 3.82. The average Bonchev–Trinajstić information content (AvgIpc) is 2.87. The Morgan fingerprint density at radius 3 is 2.59 bits per heavy atom. The van der Waals surface area contributed by atoms with Crippen molar-refractivity contribution in [3.63, 3.8) is 0 Å². The van der Waals surface area contributed by atoms with Crippen LogP contribution in [0.5, 0.6) is 0 Å². The minimum atomic E-state index is -0.133. The standard InChI is InChI=1S/C24H22N6O2/c1-29-23(31)14-21(20-9-11-25-16-27-20)28-24(29)30-12-13-32-22(15-30)18-7-5-17(6-8-18)19-4-2-3-10-26-19/h2-11,14,16,22H,12-13,15H2,1H3. The smallest absolute Gasteiger partial charge is 0.255 e. The van der Waals surface area contributed by atoms with Crippen LogP contribution in [0.1, 0.15) is 11.7 Å². The highest BCUT2D eigenvalue weighted by Gasteiger charge is 2.25. The van der Waals surface area contributed by atoms with Crippen LogP contribution in [0.25, 0.3) is 22.6 Å². The number of pyridine rings is 1. The minimum Gasteiger partial charge on any atom is -0.370 e. The van der Waals surface area contributed by atoms with Crippen LogP contribution in [-0.4, -0.2) is 44.2 Å². The third-order valence-electron chi connectivity index (χ3n) is 5.55. The van der Waals surface area contributed by atoms with Crippen LogP contribution in [0.15, 0.2) is 78.1 Å². The molecule has 0 spiro atoms. The summed E-state index contributed by atoms with van der Waals surface area (Å²) in [4.78, 5) is 32.0. The second-order valence-electron chi connectivity index (χ2n) is 7.58. The van der Waals surface area contributed by atoms with Crippen LogP contribution in [0.3, 0.4) is 0 Å². The van der Waals surface area contributed by atoms with Crippen molar-refractivity contribution in [3.8, 4) is 22.6 Å². The van der Waals surface area contributed by atoms with Crippen LogP contribution in [0.4, 0.5) is 5.95 Å². The number of hydrogen-bond donors (Lipinski definition) is 0. The van der Waals surface area contributed by atoms with Gasteiger partial charge in [0, 0.05) is 37.6 Å². The van der Waals surface area contributed by atoms with Crippen LogP contribution in [-0.2, 0) is 11.8 Å². The Labute approximate surface area is 185 Å². The fourth-order valence-electron chi connectivity index (χ4n) is 3.82. The molecule has 0 saturated carbocycles. The van der Waals surface area contributed by atoms with Crippen molar-refractivity contribution >= 4 is 5.95 Å². The molecule has 4 aromatic rings. The summed E-state index contributed by atoms with van der Waals surface area (Å²) < 4.78 is 7.62. The number of ether oxygens (including phenoxy) is 1. The third kappa shape index (κ3) is 4.00. The highest BCUT2D eigenvalue weighted by atomic mass is 16.5. The van der Waals surface area contributed by atoms with Crippen molar-refractivity contribution in [2.45, 2.75) is 6.10 Å².